The lowest BCUT2D eigenvalue weighted by Gasteiger charge is -2.47. The van der Waals surface area contributed by atoms with E-state index in [1.54, 1.807) is 0 Å². The van der Waals surface area contributed by atoms with Crippen molar-refractivity contribution in [3.8, 4) is 0 Å². The quantitative estimate of drug-likeness (QED) is 0.541. The van der Waals surface area contributed by atoms with Gasteiger partial charge >= 0.3 is 6.18 Å². The van der Waals surface area contributed by atoms with Crippen LogP contribution in [0.1, 0.15) is 37.7 Å². The highest BCUT2D eigenvalue weighted by molar-refractivity contribution is 7.99. The third-order valence-electron chi connectivity index (χ3n) is 5.56. The number of carbonyl (C=O) groups is 3. The van der Waals surface area contributed by atoms with E-state index in [9.17, 15) is 27.6 Å². The van der Waals surface area contributed by atoms with Crippen LogP contribution in [-0.4, -0.2) is 55.1 Å². The summed E-state index contributed by atoms with van der Waals surface area (Å²) in [7, 11) is 0. The lowest BCUT2D eigenvalue weighted by molar-refractivity contribution is -0.158. The molecule has 31 heavy (non-hydrogen) atoms. The van der Waals surface area contributed by atoms with Crippen molar-refractivity contribution in [2.45, 2.75) is 49.0 Å². The second kappa shape index (κ2) is 7.97. The molecule has 1 saturated heterocycles. The van der Waals surface area contributed by atoms with Crippen LogP contribution in [0.15, 0.2) is 17.4 Å². The second-order valence-corrected chi connectivity index (χ2v) is 8.84. The molecule has 2 aliphatic rings. The molecule has 2 fully saturated rings. The van der Waals surface area contributed by atoms with E-state index in [1.165, 1.54) is 4.90 Å². The fraction of sp³-hybridized carbons (Fsp3) is 0.500. The van der Waals surface area contributed by atoms with Gasteiger partial charge in [0.2, 0.25) is 11.8 Å². The molecular formula is C18H17ClF3N5O3S. The van der Waals surface area contributed by atoms with E-state index < -0.39 is 35.0 Å². The number of nitrogens with zero attached hydrogens (tertiary/aromatic N) is 4. The molecule has 1 N–H and O–H groups in total. The molecule has 0 bridgehead atoms. The Morgan fingerprint density at radius 3 is 2.61 bits per heavy atom. The number of rotatable bonds is 3. The molecule has 1 spiro atoms. The highest BCUT2D eigenvalue weighted by atomic mass is 35.5. The summed E-state index contributed by atoms with van der Waals surface area (Å²) in [5.41, 5.74) is -2.01. The summed E-state index contributed by atoms with van der Waals surface area (Å²) < 4.78 is 40.4. The first-order valence-electron chi connectivity index (χ1n) is 9.51. The lowest BCUT2D eigenvalue weighted by atomic mass is 9.78. The van der Waals surface area contributed by atoms with E-state index in [-0.39, 0.29) is 28.1 Å². The van der Waals surface area contributed by atoms with Gasteiger partial charge in [-0.1, -0.05) is 42.6 Å². The number of amides is 3. The normalized spacial score (nSPS) is 19.2. The number of aromatic nitrogens is 3. The molecule has 8 nitrogen and oxygen atoms in total. The van der Waals surface area contributed by atoms with E-state index in [0.29, 0.717) is 12.8 Å². The molecule has 1 aliphatic carbocycles. The molecule has 13 heteroatoms. The molecule has 3 amide bonds. The number of fused-ring (bicyclic) bond motifs is 1. The first-order valence-corrected chi connectivity index (χ1v) is 10.9. The number of pyridine rings is 1. The minimum atomic E-state index is -4.62. The average molecular weight is 476 g/mol. The van der Waals surface area contributed by atoms with Crippen molar-refractivity contribution >= 4 is 46.7 Å². The molecular weight excluding hydrogens is 459 g/mol. The van der Waals surface area contributed by atoms with Crippen molar-refractivity contribution in [1.29, 1.82) is 0 Å². The van der Waals surface area contributed by atoms with Gasteiger partial charge in [0.05, 0.1) is 16.3 Å². The lowest BCUT2D eigenvalue weighted by Crippen LogP contribution is -2.69. The Balaban J connectivity index is 1.58. The van der Waals surface area contributed by atoms with Crippen LogP contribution in [-0.2, 0) is 20.6 Å². The van der Waals surface area contributed by atoms with Crippen molar-refractivity contribution in [3.63, 3.8) is 0 Å². The summed E-state index contributed by atoms with van der Waals surface area (Å²) in [5.74, 6) is -1.73. The number of thioether (sulfide) groups is 1. The standard InChI is InChI=1S/C18H17ClF3N5O3S/c19-11-6-10(18(20,21)22)7-26-14(11)24-25-16(26)31-9-13(29)27-8-12(28)23-15(30)17(27)4-2-1-3-5-17/h6-7H,1-5,8-9H2,(H,23,28,30). The maximum atomic E-state index is 13.1. The van der Waals surface area contributed by atoms with Crippen LogP contribution in [0.2, 0.25) is 5.02 Å². The van der Waals surface area contributed by atoms with Gasteiger partial charge in [0.15, 0.2) is 10.8 Å². The number of imide groups is 1. The highest BCUT2D eigenvalue weighted by Gasteiger charge is 2.50. The third-order valence-corrected chi connectivity index (χ3v) is 6.76. The van der Waals surface area contributed by atoms with E-state index in [2.05, 4.69) is 15.5 Å². The first-order chi connectivity index (χ1) is 14.6. The Morgan fingerprint density at radius 1 is 1.23 bits per heavy atom. The molecule has 0 atom stereocenters. The van der Waals surface area contributed by atoms with Gasteiger partial charge in [-0.2, -0.15) is 13.2 Å². The largest absolute Gasteiger partial charge is 0.417 e. The summed E-state index contributed by atoms with van der Waals surface area (Å²) in [5, 5.41) is 9.77. The number of carbonyl (C=O) groups excluding carboxylic acids is 3. The Labute approximate surface area is 183 Å². The Hall–Kier alpha value is -2.34. The van der Waals surface area contributed by atoms with Crippen LogP contribution in [0, 0.1) is 0 Å². The highest BCUT2D eigenvalue weighted by Crippen LogP contribution is 2.37. The molecule has 0 aromatic carbocycles. The molecule has 4 rings (SSSR count). The van der Waals surface area contributed by atoms with Crippen molar-refractivity contribution in [2.75, 3.05) is 12.3 Å². The predicted octanol–water partition coefficient (Wildman–Crippen LogP) is 2.68. The van der Waals surface area contributed by atoms with Crippen molar-refractivity contribution in [3.05, 3.63) is 22.8 Å². The van der Waals surface area contributed by atoms with Gasteiger partial charge in [-0.05, 0) is 18.9 Å². The SMILES string of the molecule is O=C1CN(C(=O)CSc2nnc3c(Cl)cc(C(F)(F)F)cn23)C2(CCCCC2)C(=O)N1. The Morgan fingerprint density at radius 2 is 1.94 bits per heavy atom. The molecule has 2 aromatic heterocycles. The summed E-state index contributed by atoms with van der Waals surface area (Å²) in [4.78, 5) is 38.8. The van der Waals surface area contributed by atoms with Crippen LogP contribution in [0.25, 0.3) is 5.65 Å². The summed E-state index contributed by atoms with van der Waals surface area (Å²) >= 11 is 6.77. The predicted molar refractivity (Wildman–Crippen MR) is 104 cm³/mol. The number of hydrogen-bond donors (Lipinski definition) is 1. The van der Waals surface area contributed by atoms with Crippen LogP contribution in [0.5, 0.6) is 0 Å². The van der Waals surface area contributed by atoms with E-state index >= 15 is 0 Å². The number of piperazine rings is 1. The van der Waals surface area contributed by atoms with Gasteiger partial charge < -0.3 is 4.90 Å². The zero-order valence-electron chi connectivity index (χ0n) is 16.0. The molecule has 1 aliphatic heterocycles. The number of halogens is 4. The second-order valence-electron chi connectivity index (χ2n) is 7.49. The maximum absolute atomic E-state index is 13.1. The number of nitrogens with one attached hydrogen (secondary N) is 1. The summed E-state index contributed by atoms with van der Waals surface area (Å²) in [6, 6.07) is 0.760. The van der Waals surface area contributed by atoms with Crippen molar-refractivity contribution in [2.24, 2.45) is 0 Å². The van der Waals surface area contributed by atoms with Gasteiger partial charge in [0.25, 0.3) is 5.91 Å². The van der Waals surface area contributed by atoms with Gasteiger partial charge in [0, 0.05) is 6.20 Å². The van der Waals surface area contributed by atoms with Gasteiger partial charge in [-0.3, -0.25) is 24.1 Å². The summed E-state index contributed by atoms with van der Waals surface area (Å²) in [6.07, 6.45) is -0.433. The summed E-state index contributed by atoms with van der Waals surface area (Å²) in [6.45, 7) is -0.240. The molecule has 3 heterocycles. The zero-order valence-corrected chi connectivity index (χ0v) is 17.6. The zero-order chi connectivity index (χ0) is 22.4. The van der Waals surface area contributed by atoms with Crippen molar-refractivity contribution < 1.29 is 27.6 Å². The monoisotopic (exact) mass is 475 g/mol. The van der Waals surface area contributed by atoms with Gasteiger partial charge in [-0.25, -0.2) is 0 Å². The molecule has 1 saturated carbocycles. The topological polar surface area (TPSA) is 96.7 Å². The van der Waals surface area contributed by atoms with Crippen LogP contribution >= 0.6 is 23.4 Å². The Kier molecular flexibility index (Phi) is 5.63. The van der Waals surface area contributed by atoms with E-state index in [0.717, 1.165) is 47.7 Å². The van der Waals surface area contributed by atoms with E-state index in [4.69, 9.17) is 11.6 Å². The number of hydrogen-bond acceptors (Lipinski definition) is 6. The Bertz CT molecular complexity index is 1070. The van der Waals surface area contributed by atoms with Crippen LogP contribution in [0.3, 0.4) is 0 Å². The fourth-order valence-corrected chi connectivity index (χ4v) is 5.08. The molecule has 0 radical (unpaired) electrons. The van der Waals surface area contributed by atoms with Gasteiger partial charge in [0.1, 0.15) is 12.1 Å². The molecule has 166 valence electrons. The minimum Gasteiger partial charge on any atom is -0.318 e. The smallest absolute Gasteiger partial charge is 0.318 e. The maximum Gasteiger partial charge on any atom is 0.417 e. The first kappa shape index (κ1) is 21.9. The third kappa shape index (κ3) is 3.98. The number of alkyl halides is 3. The average Bonchev–Trinajstić information content (AvgIpc) is 3.13. The van der Waals surface area contributed by atoms with Crippen molar-refractivity contribution in [1.82, 2.24) is 24.8 Å². The van der Waals surface area contributed by atoms with E-state index in [1.807, 2.05) is 0 Å². The van der Waals surface area contributed by atoms with Crippen LogP contribution in [0.4, 0.5) is 13.2 Å². The molecule has 2 aromatic rings. The van der Waals surface area contributed by atoms with Gasteiger partial charge in [-0.15, -0.1) is 10.2 Å². The fourth-order valence-electron chi connectivity index (χ4n) is 4.05. The minimum absolute atomic E-state index is 0.0286. The molecule has 0 unspecified atom stereocenters. The van der Waals surface area contributed by atoms with Crippen LogP contribution < -0.4 is 5.32 Å².